The van der Waals surface area contributed by atoms with Crippen molar-refractivity contribution in [3.05, 3.63) is 23.2 Å². The lowest BCUT2D eigenvalue weighted by atomic mass is 10.1. The molecule has 106 valence electrons. The number of halogens is 1. The van der Waals surface area contributed by atoms with Crippen LogP contribution in [0.1, 0.15) is 19.3 Å². The molecule has 5 nitrogen and oxygen atoms in total. The summed E-state index contributed by atoms with van der Waals surface area (Å²) in [6, 6.07) is 3.98. The molecule has 19 heavy (non-hydrogen) atoms. The van der Waals surface area contributed by atoms with E-state index in [-0.39, 0.29) is 22.6 Å². The lowest BCUT2D eigenvalue weighted by Crippen LogP contribution is -2.45. The molecule has 0 spiro atoms. The first-order valence-corrected chi connectivity index (χ1v) is 7.96. The number of anilines is 1. The summed E-state index contributed by atoms with van der Waals surface area (Å²) in [6.07, 6.45) is 2.39. The van der Waals surface area contributed by atoms with Gasteiger partial charge in [0, 0.05) is 18.3 Å². The van der Waals surface area contributed by atoms with Crippen molar-refractivity contribution >= 4 is 27.3 Å². The molecule has 1 atom stereocenters. The molecule has 1 saturated heterocycles. The Morgan fingerprint density at radius 2 is 2.16 bits per heavy atom. The van der Waals surface area contributed by atoms with Gasteiger partial charge in [0.1, 0.15) is 4.90 Å². The monoisotopic (exact) mass is 304 g/mol. The highest BCUT2D eigenvalue weighted by Gasteiger charge is 2.34. The van der Waals surface area contributed by atoms with E-state index in [9.17, 15) is 13.5 Å². The number of aliphatic hydroxyl groups is 1. The third kappa shape index (κ3) is 2.86. The van der Waals surface area contributed by atoms with Gasteiger partial charge in [0.25, 0.3) is 0 Å². The Morgan fingerprint density at radius 3 is 2.79 bits per heavy atom. The van der Waals surface area contributed by atoms with E-state index < -0.39 is 10.0 Å². The van der Waals surface area contributed by atoms with Gasteiger partial charge in [-0.3, -0.25) is 0 Å². The molecule has 0 aliphatic carbocycles. The van der Waals surface area contributed by atoms with Crippen molar-refractivity contribution < 1.29 is 13.5 Å². The molecule has 0 saturated carbocycles. The van der Waals surface area contributed by atoms with E-state index in [1.807, 2.05) is 0 Å². The fraction of sp³-hybridized carbons (Fsp3) is 0.500. The molecule has 0 amide bonds. The normalized spacial score (nSPS) is 21.5. The van der Waals surface area contributed by atoms with E-state index in [0.29, 0.717) is 18.7 Å². The molecule has 1 heterocycles. The van der Waals surface area contributed by atoms with Crippen LogP contribution in [0.3, 0.4) is 0 Å². The molecule has 1 unspecified atom stereocenters. The van der Waals surface area contributed by atoms with Gasteiger partial charge in [0.05, 0.1) is 11.6 Å². The zero-order valence-corrected chi connectivity index (χ0v) is 12.0. The lowest BCUT2D eigenvalue weighted by Gasteiger charge is -2.33. The second-order valence-electron chi connectivity index (χ2n) is 4.64. The van der Waals surface area contributed by atoms with Crippen molar-refractivity contribution in [2.45, 2.75) is 30.2 Å². The van der Waals surface area contributed by atoms with Crippen molar-refractivity contribution in [3.63, 3.8) is 0 Å². The number of nitrogens with zero attached hydrogens (tertiary/aromatic N) is 1. The number of nitrogens with two attached hydrogens (primary N) is 1. The van der Waals surface area contributed by atoms with Gasteiger partial charge in [0.2, 0.25) is 10.0 Å². The summed E-state index contributed by atoms with van der Waals surface area (Å²) in [6.45, 7) is 0.236. The Bertz CT molecular complexity index is 562. The van der Waals surface area contributed by atoms with E-state index in [1.165, 1.54) is 22.5 Å². The average molecular weight is 305 g/mol. The fourth-order valence-corrected chi connectivity index (χ4v) is 4.54. The van der Waals surface area contributed by atoms with E-state index >= 15 is 0 Å². The highest BCUT2D eigenvalue weighted by molar-refractivity contribution is 7.89. The van der Waals surface area contributed by atoms with Crippen LogP contribution in [0, 0.1) is 0 Å². The minimum atomic E-state index is -3.68. The maximum atomic E-state index is 12.6. The van der Waals surface area contributed by atoms with Gasteiger partial charge in [0.15, 0.2) is 0 Å². The molecule has 2 rings (SSSR count). The summed E-state index contributed by atoms with van der Waals surface area (Å²) in [5.41, 5.74) is 5.99. The molecule has 1 aromatic rings. The molecule has 1 aromatic carbocycles. The Kier molecular flexibility index (Phi) is 4.35. The SMILES string of the molecule is Nc1ccc(S(=O)(=O)N2CCCCC2CO)c(Cl)c1. The maximum Gasteiger partial charge on any atom is 0.244 e. The number of hydrogen-bond acceptors (Lipinski definition) is 4. The number of hydrogen-bond donors (Lipinski definition) is 2. The second kappa shape index (κ2) is 5.66. The Morgan fingerprint density at radius 1 is 1.42 bits per heavy atom. The molecule has 0 aromatic heterocycles. The van der Waals surface area contributed by atoms with Crippen LogP contribution in [-0.4, -0.2) is 37.0 Å². The molecular formula is C12H17ClN2O3S. The number of sulfonamides is 1. The van der Waals surface area contributed by atoms with E-state index in [1.54, 1.807) is 0 Å². The van der Waals surface area contributed by atoms with Crippen molar-refractivity contribution in [2.24, 2.45) is 0 Å². The zero-order chi connectivity index (χ0) is 14.0. The molecule has 3 N–H and O–H groups in total. The highest BCUT2D eigenvalue weighted by atomic mass is 35.5. The summed E-state index contributed by atoms with van der Waals surface area (Å²) in [7, 11) is -3.68. The number of rotatable bonds is 3. The standard InChI is InChI=1S/C12H17ClN2O3S/c13-11-7-9(14)4-5-12(11)19(17,18)15-6-2-1-3-10(15)8-16/h4-5,7,10,16H,1-3,6,8,14H2. The van der Waals surface area contributed by atoms with Crippen LogP contribution in [0.4, 0.5) is 5.69 Å². The number of aliphatic hydroxyl groups excluding tert-OH is 1. The van der Waals surface area contributed by atoms with Crippen LogP contribution in [0.25, 0.3) is 0 Å². The van der Waals surface area contributed by atoms with Crippen LogP contribution < -0.4 is 5.73 Å². The topological polar surface area (TPSA) is 83.6 Å². The summed E-state index contributed by atoms with van der Waals surface area (Å²) in [4.78, 5) is 0.0451. The number of nitrogen functional groups attached to an aromatic ring is 1. The average Bonchev–Trinajstić information content (AvgIpc) is 2.38. The van der Waals surface area contributed by atoms with Crippen molar-refractivity contribution in [1.82, 2.24) is 4.31 Å². The fourth-order valence-electron chi connectivity index (χ4n) is 2.33. The molecule has 7 heteroatoms. The first-order chi connectivity index (χ1) is 8.96. The smallest absolute Gasteiger partial charge is 0.244 e. The van der Waals surface area contributed by atoms with Gasteiger partial charge < -0.3 is 10.8 Å². The van der Waals surface area contributed by atoms with Gasteiger partial charge in [-0.2, -0.15) is 4.31 Å². The molecule has 0 bridgehead atoms. The predicted octanol–water partition coefficient (Wildman–Crippen LogP) is 1.46. The predicted molar refractivity (Wildman–Crippen MR) is 74.5 cm³/mol. The van der Waals surface area contributed by atoms with Crippen LogP contribution >= 0.6 is 11.6 Å². The summed E-state index contributed by atoms with van der Waals surface area (Å²) < 4.78 is 26.5. The third-order valence-corrected chi connectivity index (χ3v) is 5.76. The Balaban J connectivity index is 2.40. The van der Waals surface area contributed by atoms with Crippen molar-refractivity contribution in [1.29, 1.82) is 0 Å². The first kappa shape index (κ1) is 14.6. The second-order valence-corrected chi connectivity index (χ2v) is 6.90. The van der Waals surface area contributed by atoms with E-state index in [2.05, 4.69) is 0 Å². The van der Waals surface area contributed by atoms with Gasteiger partial charge in [-0.05, 0) is 31.0 Å². The minimum absolute atomic E-state index is 0.0451. The summed E-state index contributed by atoms with van der Waals surface area (Å²) in [5, 5.41) is 9.44. The number of piperidine rings is 1. The summed E-state index contributed by atoms with van der Waals surface area (Å²) >= 11 is 5.98. The summed E-state index contributed by atoms with van der Waals surface area (Å²) in [5.74, 6) is 0. The molecule has 0 radical (unpaired) electrons. The molecule has 1 aliphatic rings. The maximum absolute atomic E-state index is 12.6. The highest BCUT2D eigenvalue weighted by Crippen LogP contribution is 2.30. The van der Waals surface area contributed by atoms with Gasteiger partial charge in [-0.15, -0.1) is 0 Å². The molecular weight excluding hydrogens is 288 g/mol. The quantitative estimate of drug-likeness (QED) is 0.828. The van der Waals surface area contributed by atoms with Crippen LogP contribution in [-0.2, 0) is 10.0 Å². The number of benzene rings is 1. The largest absolute Gasteiger partial charge is 0.399 e. The van der Waals surface area contributed by atoms with E-state index in [4.69, 9.17) is 17.3 Å². The third-order valence-electron chi connectivity index (χ3n) is 3.33. The zero-order valence-electron chi connectivity index (χ0n) is 10.4. The Hall–Kier alpha value is -0.820. The van der Waals surface area contributed by atoms with Gasteiger partial charge in [-0.1, -0.05) is 18.0 Å². The van der Waals surface area contributed by atoms with Gasteiger partial charge >= 0.3 is 0 Å². The minimum Gasteiger partial charge on any atom is -0.399 e. The van der Waals surface area contributed by atoms with Crippen molar-refractivity contribution in [2.75, 3.05) is 18.9 Å². The molecule has 1 fully saturated rings. The van der Waals surface area contributed by atoms with Crippen LogP contribution in [0.2, 0.25) is 5.02 Å². The van der Waals surface area contributed by atoms with E-state index in [0.717, 1.165) is 12.8 Å². The van der Waals surface area contributed by atoms with Crippen LogP contribution in [0.15, 0.2) is 23.1 Å². The van der Waals surface area contributed by atoms with Crippen molar-refractivity contribution in [3.8, 4) is 0 Å². The Labute approximate surface area is 118 Å². The van der Waals surface area contributed by atoms with Gasteiger partial charge in [-0.25, -0.2) is 8.42 Å². The molecule has 1 aliphatic heterocycles. The first-order valence-electron chi connectivity index (χ1n) is 6.14. The van der Waals surface area contributed by atoms with Crippen LogP contribution in [0.5, 0.6) is 0 Å². The lowest BCUT2D eigenvalue weighted by molar-refractivity contribution is 0.155.